The van der Waals surface area contributed by atoms with Crippen molar-refractivity contribution in [2.75, 3.05) is 6.67 Å². The van der Waals surface area contributed by atoms with E-state index in [4.69, 9.17) is 0 Å². The first-order chi connectivity index (χ1) is 8.61. The zero-order chi connectivity index (χ0) is 12.9. The first kappa shape index (κ1) is 11.3. The van der Waals surface area contributed by atoms with Crippen LogP contribution in [0.2, 0.25) is 0 Å². The molecular formula is C14H15FN2O. The lowest BCUT2D eigenvalue weighted by Gasteiger charge is -2.18. The van der Waals surface area contributed by atoms with Gasteiger partial charge in [0.25, 0.3) is 5.91 Å². The number of nitrogens with one attached hydrogen (secondary N) is 2. The SMILES string of the molecule is CC(C)[C@@H](CF)NC(=O)c1ccc2c3[nH]c-3cc1-2. The number of amides is 1. The van der Waals surface area contributed by atoms with E-state index in [2.05, 4.69) is 10.3 Å². The number of hydrogen-bond acceptors (Lipinski definition) is 1. The van der Waals surface area contributed by atoms with E-state index in [-0.39, 0.29) is 11.8 Å². The summed E-state index contributed by atoms with van der Waals surface area (Å²) in [6, 6.07) is 5.29. The van der Waals surface area contributed by atoms with Gasteiger partial charge in [-0.05, 0) is 23.6 Å². The minimum Gasteiger partial charge on any atom is -0.352 e. The Balaban J connectivity index is 1.82. The Hall–Kier alpha value is -1.84. The number of carbonyl (C=O) groups is 1. The molecule has 0 aromatic carbocycles. The van der Waals surface area contributed by atoms with Gasteiger partial charge in [0.1, 0.15) is 6.67 Å². The number of halogens is 1. The summed E-state index contributed by atoms with van der Waals surface area (Å²) in [5, 5.41) is 2.76. The molecule has 3 rings (SSSR count). The number of rotatable bonds is 4. The maximum Gasteiger partial charge on any atom is 0.252 e. The summed E-state index contributed by atoms with van der Waals surface area (Å²) in [5.41, 5.74) is 4.89. The highest BCUT2D eigenvalue weighted by atomic mass is 19.1. The lowest BCUT2D eigenvalue weighted by molar-refractivity contribution is 0.0917. The molecule has 0 saturated carbocycles. The molecule has 1 heterocycles. The smallest absolute Gasteiger partial charge is 0.252 e. The number of aromatic amines is 1. The fourth-order valence-corrected chi connectivity index (χ4v) is 2.26. The van der Waals surface area contributed by atoms with E-state index in [0.717, 1.165) is 22.5 Å². The highest BCUT2D eigenvalue weighted by Crippen LogP contribution is 2.45. The molecule has 0 saturated heterocycles. The van der Waals surface area contributed by atoms with Crippen LogP contribution in [0.5, 0.6) is 0 Å². The molecular weight excluding hydrogens is 231 g/mol. The van der Waals surface area contributed by atoms with Gasteiger partial charge < -0.3 is 10.3 Å². The van der Waals surface area contributed by atoms with Crippen LogP contribution in [-0.2, 0) is 0 Å². The summed E-state index contributed by atoms with van der Waals surface area (Å²) in [4.78, 5) is 15.3. The van der Waals surface area contributed by atoms with Crippen LogP contribution in [0, 0.1) is 5.92 Å². The van der Waals surface area contributed by atoms with Gasteiger partial charge in [-0.2, -0.15) is 0 Å². The standard InChI is InChI=1S/C14H15FN2O/c1-7(2)12(6-15)17-14(18)9-4-3-8-10(9)5-11-13(8)16-11/h3-5,7,12,16H,6H2,1-2H3,(H,17,18)/t12-/m1/s1. The van der Waals surface area contributed by atoms with E-state index in [9.17, 15) is 9.18 Å². The monoisotopic (exact) mass is 246 g/mol. The van der Waals surface area contributed by atoms with Crippen molar-refractivity contribution in [3.63, 3.8) is 0 Å². The third-order valence-corrected chi connectivity index (χ3v) is 3.55. The zero-order valence-electron chi connectivity index (χ0n) is 10.4. The number of pyridine rings is 1. The van der Waals surface area contributed by atoms with E-state index >= 15 is 0 Å². The lowest BCUT2D eigenvalue weighted by Crippen LogP contribution is -2.40. The summed E-state index contributed by atoms with van der Waals surface area (Å²) in [5.74, 6) is -0.101. The summed E-state index contributed by atoms with van der Waals surface area (Å²) in [7, 11) is 0. The fourth-order valence-electron chi connectivity index (χ4n) is 2.26. The van der Waals surface area contributed by atoms with Crippen molar-refractivity contribution in [2.24, 2.45) is 5.92 Å². The van der Waals surface area contributed by atoms with Crippen LogP contribution in [-0.4, -0.2) is 23.6 Å². The molecule has 1 amide bonds. The molecule has 4 heteroatoms. The van der Waals surface area contributed by atoms with Gasteiger partial charge in [0.2, 0.25) is 0 Å². The van der Waals surface area contributed by atoms with E-state index in [1.165, 1.54) is 0 Å². The van der Waals surface area contributed by atoms with Gasteiger partial charge in [-0.3, -0.25) is 4.79 Å². The molecule has 0 bridgehead atoms. The quantitative estimate of drug-likeness (QED) is 0.730. The summed E-state index contributed by atoms with van der Waals surface area (Å²) in [6.45, 7) is 3.26. The first-order valence-corrected chi connectivity index (χ1v) is 6.14. The van der Waals surface area contributed by atoms with Gasteiger partial charge in [-0.25, -0.2) is 4.39 Å². The molecule has 0 radical (unpaired) electrons. The van der Waals surface area contributed by atoms with Gasteiger partial charge in [0, 0.05) is 11.1 Å². The second-order valence-electron chi connectivity index (χ2n) is 5.11. The molecule has 2 aliphatic carbocycles. The van der Waals surface area contributed by atoms with Crippen molar-refractivity contribution in [3.8, 4) is 22.5 Å². The number of fused-ring (bicyclic) bond motifs is 3. The molecule has 0 spiro atoms. The molecule has 94 valence electrons. The maximum atomic E-state index is 12.8. The van der Waals surface area contributed by atoms with Crippen LogP contribution < -0.4 is 5.32 Å². The van der Waals surface area contributed by atoms with E-state index in [1.807, 2.05) is 26.0 Å². The van der Waals surface area contributed by atoms with Crippen LogP contribution in [0.25, 0.3) is 22.5 Å². The Labute approximate surface area is 105 Å². The topological polar surface area (TPSA) is 44.9 Å². The third-order valence-electron chi connectivity index (χ3n) is 3.55. The van der Waals surface area contributed by atoms with Crippen molar-refractivity contribution in [1.82, 2.24) is 10.3 Å². The van der Waals surface area contributed by atoms with Crippen molar-refractivity contribution >= 4 is 5.91 Å². The third kappa shape index (κ3) is 1.60. The molecule has 18 heavy (non-hydrogen) atoms. The van der Waals surface area contributed by atoms with E-state index < -0.39 is 12.7 Å². The Bertz CT molecular complexity index is 588. The van der Waals surface area contributed by atoms with Crippen molar-refractivity contribution < 1.29 is 9.18 Å². The van der Waals surface area contributed by atoms with Crippen LogP contribution in [0.15, 0.2) is 18.2 Å². The van der Waals surface area contributed by atoms with Gasteiger partial charge in [-0.15, -0.1) is 0 Å². The van der Waals surface area contributed by atoms with Crippen LogP contribution >= 0.6 is 0 Å². The second-order valence-corrected chi connectivity index (χ2v) is 5.11. The normalized spacial score (nSPS) is 14.0. The predicted molar refractivity (Wildman–Crippen MR) is 68.5 cm³/mol. The summed E-state index contributed by atoms with van der Waals surface area (Å²) in [6.07, 6.45) is 0. The number of hydrogen-bond donors (Lipinski definition) is 2. The Morgan fingerprint density at radius 1 is 1.39 bits per heavy atom. The van der Waals surface area contributed by atoms with Crippen molar-refractivity contribution in [2.45, 2.75) is 19.9 Å². The average molecular weight is 246 g/mol. The summed E-state index contributed by atoms with van der Waals surface area (Å²) >= 11 is 0. The van der Waals surface area contributed by atoms with Crippen LogP contribution in [0.4, 0.5) is 4.39 Å². The highest BCUT2D eigenvalue weighted by molar-refractivity contribution is 6.07. The van der Waals surface area contributed by atoms with Crippen LogP contribution in [0.1, 0.15) is 24.2 Å². The number of carbonyl (C=O) groups excluding carboxylic acids is 1. The Kier molecular flexibility index (Phi) is 2.40. The minimum atomic E-state index is -0.535. The van der Waals surface area contributed by atoms with Gasteiger partial charge >= 0.3 is 0 Å². The predicted octanol–water partition coefficient (Wildman–Crippen LogP) is 2.82. The van der Waals surface area contributed by atoms with Crippen molar-refractivity contribution in [3.05, 3.63) is 23.8 Å². The molecule has 0 aromatic rings. The largest absolute Gasteiger partial charge is 0.352 e. The number of aromatic nitrogens is 1. The fraction of sp³-hybridized carbons (Fsp3) is 0.357. The molecule has 2 N–H and O–H groups in total. The van der Waals surface area contributed by atoms with Gasteiger partial charge in [0.15, 0.2) is 0 Å². The molecule has 3 aliphatic rings. The van der Waals surface area contributed by atoms with Gasteiger partial charge in [-0.1, -0.05) is 19.9 Å². The molecule has 0 fully saturated rings. The zero-order valence-corrected chi connectivity index (χ0v) is 10.4. The molecule has 1 aliphatic heterocycles. The maximum absolute atomic E-state index is 12.8. The van der Waals surface area contributed by atoms with Gasteiger partial charge in [0.05, 0.1) is 17.4 Å². The van der Waals surface area contributed by atoms with Crippen molar-refractivity contribution in [1.29, 1.82) is 0 Å². The molecule has 3 nitrogen and oxygen atoms in total. The Morgan fingerprint density at radius 3 is 2.83 bits per heavy atom. The lowest BCUT2D eigenvalue weighted by atomic mass is 10.0. The highest BCUT2D eigenvalue weighted by Gasteiger charge is 2.29. The Morgan fingerprint density at radius 2 is 2.17 bits per heavy atom. The minimum absolute atomic E-state index is 0.0877. The molecule has 1 atom stereocenters. The van der Waals surface area contributed by atoms with E-state index in [1.54, 1.807) is 6.07 Å². The number of alkyl halides is 1. The molecule has 0 aromatic heterocycles. The summed E-state index contributed by atoms with van der Waals surface area (Å²) < 4.78 is 12.8. The van der Waals surface area contributed by atoms with E-state index in [0.29, 0.717) is 5.56 Å². The average Bonchev–Trinajstić information content (AvgIpc) is 2.83. The second kappa shape index (κ2) is 3.83. The molecule has 0 unspecified atom stereocenters. The van der Waals surface area contributed by atoms with Crippen LogP contribution in [0.3, 0.4) is 0 Å². The first-order valence-electron chi connectivity index (χ1n) is 6.14. The number of H-pyrrole nitrogens is 1.